The van der Waals surface area contributed by atoms with Crippen molar-refractivity contribution in [1.29, 1.82) is 0 Å². The van der Waals surface area contributed by atoms with E-state index in [2.05, 4.69) is 4.98 Å². The molecule has 1 aromatic carbocycles. The largest absolute Gasteiger partial charge is 0.374 e. The monoisotopic (exact) mass is 186 g/mol. The van der Waals surface area contributed by atoms with Crippen LogP contribution in [0.15, 0.2) is 41.2 Å². The number of pyridine rings is 1. The van der Waals surface area contributed by atoms with Crippen molar-refractivity contribution in [3.63, 3.8) is 0 Å². The zero-order valence-electron chi connectivity index (χ0n) is 7.18. The van der Waals surface area contributed by atoms with Gasteiger partial charge in [-0.1, -0.05) is 12.1 Å². The van der Waals surface area contributed by atoms with Crippen molar-refractivity contribution >= 4 is 21.8 Å². The molecule has 3 aromatic rings. The summed E-state index contributed by atoms with van der Waals surface area (Å²) in [5.74, 6) is 0. The number of nitrogens with zero attached hydrogens (tertiary/aromatic N) is 2. The molecule has 0 spiro atoms. The number of para-hydroxylation sites is 1. The molecule has 0 aliphatic heterocycles. The summed E-state index contributed by atoms with van der Waals surface area (Å²) in [6.07, 6.45) is 3.04. The third-order valence-corrected chi connectivity index (χ3v) is 2.23. The molecule has 0 aliphatic carbocycles. The van der Waals surface area contributed by atoms with E-state index in [1.165, 1.54) is 6.26 Å². The Kier molecular flexibility index (Phi) is 1.28. The first-order valence-corrected chi connectivity index (χ1v) is 4.21. The van der Waals surface area contributed by atoms with Gasteiger partial charge in [0.15, 0.2) is 0 Å². The van der Waals surface area contributed by atoms with Crippen LogP contribution >= 0.6 is 0 Å². The quantitative estimate of drug-likeness (QED) is 0.501. The topological polar surface area (TPSA) is 53.0 Å². The number of rotatable bonds is 0. The van der Waals surface area contributed by atoms with Gasteiger partial charge in [0.05, 0.1) is 27.5 Å². The van der Waals surface area contributed by atoms with Crippen LogP contribution in [0.25, 0.3) is 21.8 Å². The Balaban J connectivity index is 2.65. The summed E-state index contributed by atoms with van der Waals surface area (Å²) >= 11 is 0. The molecule has 14 heavy (non-hydrogen) atoms. The maximum absolute atomic E-state index is 11.3. The SMILES string of the molecule is [O-][n+]1occ2cnc3ccccc3c21. The molecule has 0 N–H and O–H groups in total. The molecule has 2 heterocycles. The second kappa shape index (κ2) is 2.45. The molecule has 3 rings (SSSR count). The van der Waals surface area contributed by atoms with E-state index in [0.717, 1.165) is 16.3 Å². The first-order valence-electron chi connectivity index (χ1n) is 4.21. The summed E-state index contributed by atoms with van der Waals surface area (Å²) in [5.41, 5.74) is 1.33. The van der Waals surface area contributed by atoms with Crippen molar-refractivity contribution in [2.24, 2.45) is 0 Å². The lowest BCUT2D eigenvalue weighted by Gasteiger charge is -1.93. The van der Waals surface area contributed by atoms with Gasteiger partial charge >= 0.3 is 0 Å². The van der Waals surface area contributed by atoms with E-state index in [-0.39, 0.29) is 0 Å². The fourth-order valence-corrected chi connectivity index (χ4v) is 1.59. The van der Waals surface area contributed by atoms with Crippen molar-refractivity contribution in [3.05, 3.63) is 41.9 Å². The summed E-state index contributed by atoms with van der Waals surface area (Å²) in [6, 6.07) is 7.48. The van der Waals surface area contributed by atoms with Crippen molar-refractivity contribution in [2.45, 2.75) is 0 Å². The van der Waals surface area contributed by atoms with Crippen LogP contribution < -0.4 is 4.90 Å². The first kappa shape index (κ1) is 7.32. The zero-order chi connectivity index (χ0) is 9.54. The van der Waals surface area contributed by atoms with Crippen LogP contribution in [0.4, 0.5) is 0 Å². The second-order valence-electron chi connectivity index (χ2n) is 3.06. The Morgan fingerprint density at radius 3 is 3.07 bits per heavy atom. The lowest BCUT2D eigenvalue weighted by Crippen LogP contribution is -2.22. The van der Waals surface area contributed by atoms with E-state index < -0.39 is 0 Å². The zero-order valence-corrected chi connectivity index (χ0v) is 7.18. The predicted molar refractivity (Wildman–Crippen MR) is 50.5 cm³/mol. The van der Waals surface area contributed by atoms with Crippen molar-refractivity contribution in [2.75, 3.05) is 0 Å². The highest BCUT2D eigenvalue weighted by Gasteiger charge is 2.12. The molecule has 0 fully saturated rings. The molecule has 68 valence electrons. The molecule has 0 saturated heterocycles. The molecule has 2 aromatic heterocycles. The van der Waals surface area contributed by atoms with Gasteiger partial charge in [0.25, 0.3) is 5.52 Å². The molecule has 0 radical (unpaired) electrons. The number of aromatic nitrogens is 2. The minimum Gasteiger partial charge on any atom is -0.374 e. The van der Waals surface area contributed by atoms with Crippen LogP contribution in [0.1, 0.15) is 0 Å². The fraction of sp³-hybridized carbons (Fsp3) is 0. The number of fused-ring (bicyclic) bond motifs is 3. The minimum absolute atomic E-state index is 0.513. The van der Waals surface area contributed by atoms with Crippen molar-refractivity contribution in [3.8, 4) is 0 Å². The average Bonchev–Trinajstić information content (AvgIpc) is 2.61. The smallest absolute Gasteiger partial charge is 0.287 e. The van der Waals surface area contributed by atoms with Gasteiger partial charge in [-0.15, -0.1) is 0 Å². The number of hydrogen-bond donors (Lipinski definition) is 0. The highest BCUT2D eigenvalue weighted by atomic mass is 16.7. The van der Waals surface area contributed by atoms with Crippen LogP contribution in [-0.2, 0) is 0 Å². The molecule has 0 saturated carbocycles. The molecule has 0 bridgehead atoms. The highest BCUT2D eigenvalue weighted by Crippen LogP contribution is 2.19. The highest BCUT2D eigenvalue weighted by molar-refractivity contribution is 6.00. The first-order chi connectivity index (χ1) is 6.86. The minimum atomic E-state index is 0.513. The van der Waals surface area contributed by atoms with Crippen LogP contribution in [0.5, 0.6) is 0 Å². The summed E-state index contributed by atoms with van der Waals surface area (Å²) in [5, 5.41) is 12.8. The molecule has 0 atom stereocenters. The normalized spacial score (nSPS) is 11.1. The van der Waals surface area contributed by atoms with Crippen LogP contribution in [0, 0.1) is 5.21 Å². The van der Waals surface area contributed by atoms with Crippen molar-refractivity contribution < 1.29 is 9.43 Å². The van der Waals surface area contributed by atoms with Gasteiger partial charge in [-0.25, -0.2) is 0 Å². The standard InChI is InChI=1S/C10H6N2O2/c13-12-10-7(6-14-12)5-11-9-4-2-1-3-8(9)10/h1-6H. The Morgan fingerprint density at radius 2 is 2.14 bits per heavy atom. The van der Waals surface area contributed by atoms with Crippen LogP contribution in [-0.4, -0.2) is 4.98 Å². The molecule has 4 heteroatoms. The van der Waals surface area contributed by atoms with E-state index in [1.54, 1.807) is 6.20 Å². The summed E-state index contributed by atoms with van der Waals surface area (Å²) in [6.45, 7) is 0. The van der Waals surface area contributed by atoms with E-state index in [4.69, 9.17) is 4.52 Å². The maximum atomic E-state index is 11.3. The van der Waals surface area contributed by atoms with Gasteiger partial charge in [-0.05, 0) is 12.1 Å². The van der Waals surface area contributed by atoms with Gasteiger partial charge in [-0.3, -0.25) is 10.2 Å². The van der Waals surface area contributed by atoms with Gasteiger partial charge in [0.2, 0.25) is 0 Å². The molecular weight excluding hydrogens is 180 g/mol. The summed E-state index contributed by atoms with van der Waals surface area (Å²) in [7, 11) is 0. The summed E-state index contributed by atoms with van der Waals surface area (Å²) in [4.78, 5) is 4.72. The fourth-order valence-electron chi connectivity index (χ4n) is 1.59. The predicted octanol–water partition coefficient (Wildman–Crippen LogP) is 1.61. The number of benzene rings is 1. The van der Waals surface area contributed by atoms with E-state index in [9.17, 15) is 5.21 Å². The molecular formula is C10H6N2O2. The van der Waals surface area contributed by atoms with Gasteiger partial charge < -0.3 is 4.52 Å². The molecule has 0 aliphatic rings. The molecule has 0 unspecified atom stereocenters. The summed E-state index contributed by atoms with van der Waals surface area (Å²) < 4.78 is 4.74. The Morgan fingerprint density at radius 1 is 1.29 bits per heavy atom. The maximum Gasteiger partial charge on any atom is 0.287 e. The Labute approximate surface area is 78.9 Å². The molecule has 0 amide bonds. The van der Waals surface area contributed by atoms with Crippen LogP contribution in [0.2, 0.25) is 0 Å². The Bertz CT molecular complexity index is 616. The van der Waals surface area contributed by atoms with Gasteiger partial charge in [0, 0.05) is 6.20 Å². The van der Waals surface area contributed by atoms with Gasteiger partial charge in [0.1, 0.15) is 0 Å². The Hall–Kier alpha value is -2.10. The lowest BCUT2D eigenvalue weighted by molar-refractivity contribution is -0.770. The third kappa shape index (κ3) is 0.821. The average molecular weight is 186 g/mol. The molecule has 4 nitrogen and oxygen atoms in total. The third-order valence-electron chi connectivity index (χ3n) is 2.23. The lowest BCUT2D eigenvalue weighted by atomic mass is 10.2. The second-order valence-corrected chi connectivity index (χ2v) is 3.06. The van der Waals surface area contributed by atoms with Gasteiger partial charge in [-0.2, -0.15) is 0 Å². The van der Waals surface area contributed by atoms with Crippen molar-refractivity contribution in [1.82, 2.24) is 4.98 Å². The van der Waals surface area contributed by atoms with E-state index in [0.29, 0.717) is 10.4 Å². The van der Waals surface area contributed by atoms with Crippen LogP contribution in [0.3, 0.4) is 0 Å². The van der Waals surface area contributed by atoms with E-state index >= 15 is 0 Å². The van der Waals surface area contributed by atoms with E-state index in [1.807, 2.05) is 24.3 Å². The number of hydrogen-bond acceptors (Lipinski definition) is 3.